The van der Waals surface area contributed by atoms with Crippen molar-refractivity contribution in [1.82, 2.24) is 15.1 Å². The minimum atomic E-state index is -0.206. The highest BCUT2D eigenvalue weighted by atomic mass is 35.5. The van der Waals surface area contributed by atoms with Crippen molar-refractivity contribution >= 4 is 17.5 Å². The number of aryl methyl sites for hydroxylation is 2. The van der Waals surface area contributed by atoms with E-state index in [0.29, 0.717) is 29.4 Å². The van der Waals surface area contributed by atoms with Gasteiger partial charge in [-0.3, -0.25) is 9.48 Å². The lowest BCUT2D eigenvalue weighted by molar-refractivity contribution is 0.0936. The van der Waals surface area contributed by atoms with Crippen LogP contribution in [0.4, 0.5) is 0 Å². The number of nitrogens with zero attached hydrogens (tertiary/aromatic N) is 2. The van der Waals surface area contributed by atoms with Crippen LogP contribution in [0, 0.1) is 6.92 Å². The van der Waals surface area contributed by atoms with Gasteiger partial charge in [-0.15, -0.1) is 0 Å². The fourth-order valence-corrected chi connectivity index (χ4v) is 2.17. The average Bonchev–Trinajstić information content (AvgIpc) is 2.61. The van der Waals surface area contributed by atoms with E-state index in [9.17, 15) is 4.79 Å². The lowest BCUT2D eigenvalue weighted by Crippen LogP contribution is -2.33. The van der Waals surface area contributed by atoms with E-state index in [1.54, 1.807) is 11.6 Å². The van der Waals surface area contributed by atoms with Gasteiger partial charge in [-0.25, -0.2) is 0 Å². The van der Waals surface area contributed by atoms with Crippen LogP contribution in [0.5, 0.6) is 0 Å². The number of halogens is 1. The third-order valence-electron chi connectivity index (χ3n) is 2.76. The number of nitrogens with one attached hydrogen (secondary N) is 1. The first-order chi connectivity index (χ1) is 8.51. The Bertz CT molecular complexity index is 418. The van der Waals surface area contributed by atoms with Crippen molar-refractivity contribution in [1.29, 1.82) is 0 Å². The standard InChI is InChI=1S/C12H20ClN3O2/c1-4-16-11(13)10(9(3)15-16)12(18)14-8(2)6-5-7-17/h8,17H,4-7H2,1-3H3,(H,14,18). The van der Waals surface area contributed by atoms with E-state index < -0.39 is 0 Å². The van der Waals surface area contributed by atoms with Gasteiger partial charge >= 0.3 is 0 Å². The number of aromatic nitrogens is 2. The molecule has 1 heterocycles. The first-order valence-electron chi connectivity index (χ1n) is 6.15. The van der Waals surface area contributed by atoms with Crippen molar-refractivity contribution in [2.75, 3.05) is 6.61 Å². The summed E-state index contributed by atoms with van der Waals surface area (Å²) in [6.07, 6.45) is 1.41. The van der Waals surface area contributed by atoms with Gasteiger partial charge < -0.3 is 10.4 Å². The Balaban J connectivity index is 2.75. The molecule has 1 aromatic heterocycles. The summed E-state index contributed by atoms with van der Waals surface area (Å²) in [4.78, 5) is 12.1. The van der Waals surface area contributed by atoms with Crippen molar-refractivity contribution in [3.8, 4) is 0 Å². The van der Waals surface area contributed by atoms with Crippen LogP contribution in [-0.2, 0) is 6.54 Å². The second-order valence-electron chi connectivity index (χ2n) is 4.31. The fraction of sp³-hybridized carbons (Fsp3) is 0.667. The zero-order chi connectivity index (χ0) is 13.7. The maximum absolute atomic E-state index is 12.1. The molecule has 0 saturated heterocycles. The fourth-order valence-electron chi connectivity index (χ4n) is 1.79. The molecule has 0 spiro atoms. The summed E-state index contributed by atoms with van der Waals surface area (Å²) >= 11 is 6.11. The van der Waals surface area contributed by atoms with Gasteiger partial charge in [0.25, 0.3) is 5.91 Å². The van der Waals surface area contributed by atoms with Crippen LogP contribution >= 0.6 is 11.6 Å². The maximum atomic E-state index is 12.1. The number of carbonyl (C=O) groups is 1. The molecule has 0 radical (unpaired) electrons. The highest BCUT2D eigenvalue weighted by Crippen LogP contribution is 2.19. The highest BCUT2D eigenvalue weighted by molar-refractivity contribution is 6.33. The SMILES string of the molecule is CCn1nc(C)c(C(=O)NC(C)CCCO)c1Cl. The van der Waals surface area contributed by atoms with Gasteiger partial charge in [0.1, 0.15) is 5.15 Å². The van der Waals surface area contributed by atoms with Gasteiger partial charge in [-0.2, -0.15) is 5.10 Å². The number of hydrogen-bond donors (Lipinski definition) is 2. The van der Waals surface area contributed by atoms with Gasteiger partial charge in [0.05, 0.1) is 11.3 Å². The van der Waals surface area contributed by atoms with E-state index in [0.717, 1.165) is 6.42 Å². The Labute approximate surface area is 112 Å². The summed E-state index contributed by atoms with van der Waals surface area (Å²) < 4.78 is 1.60. The zero-order valence-corrected chi connectivity index (χ0v) is 11.8. The van der Waals surface area contributed by atoms with Gasteiger partial charge in [0.2, 0.25) is 0 Å². The predicted molar refractivity (Wildman–Crippen MR) is 70.9 cm³/mol. The molecule has 0 aliphatic heterocycles. The Hall–Kier alpha value is -1.07. The molecule has 0 aliphatic rings. The monoisotopic (exact) mass is 273 g/mol. The molecule has 102 valence electrons. The smallest absolute Gasteiger partial charge is 0.256 e. The Kier molecular flexibility index (Phi) is 5.62. The van der Waals surface area contributed by atoms with E-state index in [4.69, 9.17) is 16.7 Å². The number of hydrogen-bond acceptors (Lipinski definition) is 3. The molecule has 0 fully saturated rings. The van der Waals surface area contributed by atoms with Gasteiger partial charge in [-0.1, -0.05) is 11.6 Å². The quantitative estimate of drug-likeness (QED) is 0.830. The molecule has 0 aromatic carbocycles. The molecule has 2 N–H and O–H groups in total. The summed E-state index contributed by atoms with van der Waals surface area (Å²) in [6, 6.07) is 0.00472. The second-order valence-corrected chi connectivity index (χ2v) is 4.67. The van der Waals surface area contributed by atoms with Crippen LogP contribution in [0.2, 0.25) is 5.15 Å². The summed E-state index contributed by atoms with van der Waals surface area (Å²) in [7, 11) is 0. The molecule has 0 aliphatic carbocycles. The summed E-state index contributed by atoms with van der Waals surface area (Å²) in [5.74, 6) is -0.206. The maximum Gasteiger partial charge on any atom is 0.256 e. The number of aliphatic hydroxyl groups is 1. The molecule has 1 unspecified atom stereocenters. The van der Waals surface area contributed by atoms with Crippen LogP contribution in [0.25, 0.3) is 0 Å². The van der Waals surface area contributed by atoms with Crippen molar-refractivity contribution in [3.05, 3.63) is 16.4 Å². The van der Waals surface area contributed by atoms with Crippen molar-refractivity contribution in [2.45, 2.75) is 46.2 Å². The van der Waals surface area contributed by atoms with E-state index in [1.807, 2.05) is 13.8 Å². The molecular formula is C12H20ClN3O2. The molecule has 1 aromatic rings. The van der Waals surface area contributed by atoms with Gasteiger partial charge in [-0.05, 0) is 33.6 Å². The number of aliphatic hydroxyl groups excluding tert-OH is 1. The van der Waals surface area contributed by atoms with Gasteiger partial charge in [0.15, 0.2) is 0 Å². The topological polar surface area (TPSA) is 67.2 Å². The lowest BCUT2D eigenvalue weighted by atomic mass is 10.1. The van der Waals surface area contributed by atoms with Crippen molar-refractivity contribution in [3.63, 3.8) is 0 Å². The molecular weight excluding hydrogens is 254 g/mol. The third-order valence-corrected chi connectivity index (χ3v) is 3.15. The Morgan fingerprint density at radius 3 is 2.78 bits per heavy atom. The van der Waals surface area contributed by atoms with Crippen molar-refractivity contribution < 1.29 is 9.90 Å². The molecule has 1 rings (SSSR count). The van der Waals surface area contributed by atoms with Crippen molar-refractivity contribution in [2.24, 2.45) is 0 Å². The first kappa shape index (κ1) is 15.0. The summed E-state index contributed by atoms with van der Waals surface area (Å²) in [5, 5.41) is 16.2. The normalized spacial score (nSPS) is 12.5. The Morgan fingerprint density at radius 2 is 2.28 bits per heavy atom. The number of amides is 1. The summed E-state index contributed by atoms with van der Waals surface area (Å²) in [5.41, 5.74) is 1.07. The van der Waals surface area contributed by atoms with Gasteiger partial charge in [0, 0.05) is 19.2 Å². The molecule has 6 heteroatoms. The van der Waals surface area contributed by atoms with Crippen LogP contribution in [0.15, 0.2) is 0 Å². The molecule has 5 nitrogen and oxygen atoms in total. The largest absolute Gasteiger partial charge is 0.396 e. The zero-order valence-electron chi connectivity index (χ0n) is 11.0. The summed E-state index contributed by atoms with van der Waals surface area (Å²) in [6.45, 7) is 6.36. The predicted octanol–water partition coefficient (Wildman–Crippen LogP) is 1.76. The van der Waals surface area contributed by atoms with E-state index in [2.05, 4.69) is 10.4 Å². The van der Waals surface area contributed by atoms with Crippen LogP contribution in [0.3, 0.4) is 0 Å². The molecule has 18 heavy (non-hydrogen) atoms. The first-order valence-corrected chi connectivity index (χ1v) is 6.53. The minimum absolute atomic E-state index is 0.00472. The minimum Gasteiger partial charge on any atom is -0.396 e. The van der Waals surface area contributed by atoms with E-state index >= 15 is 0 Å². The lowest BCUT2D eigenvalue weighted by Gasteiger charge is -2.13. The average molecular weight is 274 g/mol. The van der Waals surface area contributed by atoms with Crippen LogP contribution in [-0.4, -0.2) is 33.4 Å². The van der Waals surface area contributed by atoms with Crippen LogP contribution < -0.4 is 5.32 Å². The second kappa shape index (κ2) is 6.75. The number of carbonyl (C=O) groups excluding carboxylic acids is 1. The third kappa shape index (κ3) is 3.46. The molecule has 0 saturated carbocycles. The van der Waals surface area contributed by atoms with E-state index in [1.165, 1.54) is 0 Å². The Morgan fingerprint density at radius 1 is 1.61 bits per heavy atom. The van der Waals surface area contributed by atoms with Crippen LogP contribution in [0.1, 0.15) is 42.7 Å². The number of rotatable bonds is 6. The highest BCUT2D eigenvalue weighted by Gasteiger charge is 2.20. The van der Waals surface area contributed by atoms with E-state index in [-0.39, 0.29) is 18.6 Å². The molecule has 1 amide bonds. The molecule has 1 atom stereocenters. The molecule has 0 bridgehead atoms.